The molecule has 0 aliphatic heterocycles. The summed E-state index contributed by atoms with van der Waals surface area (Å²) in [5.41, 5.74) is 0. The Labute approximate surface area is 353 Å². The SMILES string of the molecule is CC/C=C\C/C=C\C/C=C\C/C=C\C/C=C\C/C=C\CCCCC(=O)OC(CO)COC(=O)CCCCCCCCCCCCCCCCCCCCCCCC. The number of hydrogen-bond donors (Lipinski definition) is 1. The minimum atomic E-state index is -0.797. The Hall–Kier alpha value is -2.66. The number of allylic oxidation sites excluding steroid dienone is 12. The molecule has 0 aromatic rings. The van der Waals surface area contributed by atoms with E-state index in [9.17, 15) is 14.7 Å². The lowest BCUT2D eigenvalue weighted by molar-refractivity contribution is -0.161. The van der Waals surface area contributed by atoms with Gasteiger partial charge in [-0.3, -0.25) is 9.59 Å². The fourth-order valence-corrected chi connectivity index (χ4v) is 6.68. The van der Waals surface area contributed by atoms with Gasteiger partial charge in [0.2, 0.25) is 0 Å². The smallest absolute Gasteiger partial charge is 0.306 e. The van der Waals surface area contributed by atoms with Gasteiger partial charge in [-0.15, -0.1) is 0 Å². The second-order valence-corrected chi connectivity index (χ2v) is 15.8. The third-order valence-corrected chi connectivity index (χ3v) is 10.3. The van der Waals surface area contributed by atoms with Crippen LogP contribution in [0.1, 0.15) is 226 Å². The average molecular weight is 795 g/mol. The van der Waals surface area contributed by atoms with Crippen molar-refractivity contribution in [2.24, 2.45) is 0 Å². The first kappa shape index (κ1) is 54.3. The molecular weight excluding hydrogens is 705 g/mol. The molecule has 0 fully saturated rings. The van der Waals surface area contributed by atoms with Gasteiger partial charge in [0, 0.05) is 12.8 Å². The summed E-state index contributed by atoms with van der Waals surface area (Å²) in [6, 6.07) is 0. The molecule has 1 atom stereocenters. The molecule has 328 valence electrons. The Kier molecular flexibility index (Phi) is 45.5. The summed E-state index contributed by atoms with van der Waals surface area (Å²) < 4.78 is 10.6. The molecule has 0 saturated heterocycles. The Bertz CT molecular complexity index is 1040. The molecule has 0 aliphatic carbocycles. The molecular formula is C52H90O5. The van der Waals surface area contributed by atoms with Gasteiger partial charge in [0.25, 0.3) is 0 Å². The van der Waals surface area contributed by atoms with Crippen molar-refractivity contribution in [3.8, 4) is 0 Å². The monoisotopic (exact) mass is 795 g/mol. The molecule has 0 aromatic carbocycles. The Morgan fingerprint density at radius 1 is 0.421 bits per heavy atom. The molecule has 1 N–H and O–H groups in total. The molecule has 5 heteroatoms. The van der Waals surface area contributed by atoms with E-state index in [1.807, 2.05) is 0 Å². The van der Waals surface area contributed by atoms with Crippen LogP contribution in [0.5, 0.6) is 0 Å². The van der Waals surface area contributed by atoms with Crippen LogP contribution >= 0.6 is 0 Å². The van der Waals surface area contributed by atoms with Crippen molar-refractivity contribution in [3.05, 3.63) is 72.9 Å². The second kappa shape index (κ2) is 47.7. The molecule has 0 aliphatic rings. The van der Waals surface area contributed by atoms with Crippen LogP contribution in [0.2, 0.25) is 0 Å². The second-order valence-electron chi connectivity index (χ2n) is 15.8. The lowest BCUT2D eigenvalue weighted by atomic mass is 10.0. The molecule has 0 radical (unpaired) electrons. The first-order chi connectivity index (χ1) is 28.1. The highest BCUT2D eigenvalue weighted by molar-refractivity contribution is 5.70. The van der Waals surface area contributed by atoms with Crippen LogP contribution in [0.25, 0.3) is 0 Å². The van der Waals surface area contributed by atoms with Gasteiger partial charge in [0.1, 0.15) is 6.61 Å². The van der Waals surface area contributed by atoms with E-state index in [-0.39, 0.29) is 25.2 Å². The highest BCUT2D eigenvalue weighted by Gasteiger charge is 2.16. The van der Waals surface area contributed by atoms with E-state index in [0.717, 1.165) is 77.0 Å². The fourth-order valence-electron chi connectivity index (χ4n) is 6.68. The average Bonchev–Trinajstić information content (AvgIpc) is 3.21. The summed E-state index contributed by atoms with van der Waals surface area (Å²) >= 11 is 0. The topological polar surface area (TPSA) is 72.8 Å². The summed E-state index contributed by atoms with van der Waals surface area (Å²) in [5, 5.41) is 9.60. The predicted octanol–water partition coefficient (Wildman–Crippen LogP) is 15.7. The zero-order valence-corrected chi connectivity index (χ0v) is 37.3. The van der Waals surface area contributed by atoms with Crippen LogP contribution in [0.4, 0.5) is 0 Å². The van der Waals surface area contributed by atoms with Crippen molar-refractivity contribution in [2.75, 3.05) is 13.2 Å². The first-order valence-corrected chi connectivity index (χ1v) is 24.0. The highest BCUT2D eigenvalue weighted by atomic mass is 16.6. The molecule has 5 nitrogen and oxygen atoms in total. The Morgan fingerprint density at radius 3 is 1.14 bits per heavy atom. The molecule has 0 heterocycles. The minimum absolute atomic E-state index is 0.0844. The van der Waals surface area contributed by atoms with Gasteiger partial charge in [-0.25, -0.2) is 0 Å². The zero-order valence-electron chi connectivity index (χ0n) is 37.3. The highest BCUT2D eigenvalue weighted by Crippen LogP contribution is 2.16. The predicted molar refractivity (Wildman–Crippen MR) is 246 cm³/mol. The maximum Gasteiger partial charge on any atom is 0.306 e. The number of ether oxygens (including phenoxy) is 2. The van der Waals surface area contributed by atoms with Crippen LogP contribution < -0.4 is 0 Å². The van der Waals surface area contributed by atoms with Gasteiger partial charge in [-0.1, -0.05) is 222 Å². The lowest BCUT2D eigenvalue weighted by Crippen LogP contribution is -2.28. The van der Waals surface area contributed by atoms with Crippen molar-refractivity contribution in [2.45, 2.75) is 232 Å². The summed E-state index contributed by atoms with van der Waals surface area (Å²) in [6.07, 6.45) is 64.2. The van der Waals surface area contributed by atoms with E-state index < -0.39 is 6.10 Å². The molecule has 0 rings (SSSR count). The van der Waals surface area contributed by atoms with E-state index in [1.54, 1.807) is 0 Å². The summed E-state index contributed by atoms with van der Waals surface area (Å²) in [7, 11) is 0. The van der Waals surface area contributed by atoms with Crippen LogP contribution in [0.3, 0.4) is 0 Å². The first-order valence-electron chi connectivity index (χ1n) is 24.0. The van der Waals surface area contributed by atoms with E-state index in [0.29, 0.717) is 12.8 Å². The van der Waals surface area contributed by atoms with Gasteiger partial charge >= 0.3 is 11.9 Å². The van der Waals surface area contributed by atoms with Crippen LogP contribution in [0, 0.1) is 0 Å². The van der Waals surface area contributed by atoms with Gasteiger partial charge in [-0.05, 0) is 64.2 Å². The summed E-state index contributed by atoms with van der Waals surface area (Å²) in [6.45, 7) is 4.01. The van der Waals surface area contributed by atoms with Crippen LogP contribution in [-0.2, 0) is 19.1 Å². The Balaban J connectivity index is 3.58. The number of rotatable bonds is 43. The number of aliphatic hydroxyl groups excluding tert-OH is 1. The fraction of sp³-hybridized carbons (Fsp3) is 0.731. The molecule has 57 heavy (non-hydrogen) atoms. The maximum atomic E-state index is 12.2. The van der Waals surface area contributed by atoms with Crippen LogP contribution in [-0.4, -0.2) is 36.4 Å². The number of aliphatic hydroxyl groups is 1. The largest absolute Gasteiger partial charge is 0.462 e. The Morgan fingerprint density at radius 2 is 0.754 bits per heavy atom. The van der Waals surface area contributed by atoms with Crippen LogP contribution in [0.15, 0.2) is 72.9 Å². The van der Waals surface area contributed by atoms with Gasteiger partial charge < -0.3 is 14.6 Å². The van der Waals surface area contributed by atoms with E-state index >= 15 is 0 Å². The number of hydrogen-bond acceptors (Lipinski definition) is 5. The van der Waals surface area contributed by atoms with Gasteiger partial charge in [0.15, 0.2) is 6.10 Å². The molecule has 1 unspecified atom stereocenters. The number of carbonyl (C=O) groups excluding carboxylic acids is 2. The normalized spacial score (nSPS) is 12.8. The quantitative estimate of drug-likeness (QED) is 0.0378. The third-order valence-electron chi connectivity index (χ3n) is 10.3. The van der Waals surface area contributed by atoms with E-state index in [2.05, 4.69) is 86.8 Å². The molecule has 0 aromatic heterocycles. The van der Waals surface area contributed by atoms with Crippen molar-refractivity contribution in [3.63, 3.8) is 0 Å². The lowest BCUT2D eigenvalue weighted by Gasteiger charge is -2.15. The minimum Gasteiger partial charge on any atom is -0.462 e. The van der Waals surface area contributed by atoms with Crippen molar-refractivity contribution in [1.29, 1.82) is 0 Å². The van der Waals surface area contributed by atoms with Gasteiger partial charge in [-0.2, -0.15) is 0 Å². The number of esters is 2. The summed E-state index contributed by atoms with van der Waals surface area (Å²) in [4.78, 5) is 24.4. The number of unbranched alkanes of at least 4 members (excludes halogenated alkanes) is 23. The zero-order chi connectivity index (χ0) is 41.4. The van der Waals surface area contributed by atoms with Crippen molar-refractivity contribution >= 4 is 11.9 Å². The standard InChI is InChI=1S/C52H90O5/c1-3-5-7-9-11-13-15-17-19-21-23-25-27-28-30-32-34-36-38-40-42-44-46-51(54)56-49-50(48-53)57-52(55)47-45-43-41-39-37-35-33-31-29-26-24-22-20-18-16-14-12-10-8-6-4-2/h6,8,12,14,18,20,24,26,31,33,37,39,50,53H,3-5,7,9-11,13,15-17,19,21-23,25,27-30,32,34-36,38,40-49H2,1-2H3/b8-6-,14-12-,20-18-,26-24-,33-31-,39-37-. The molecule has 0 spiro atoms. The van der Waals surface area contributed by atoms with Crippen molar-refractivity contribution in [1.82, 2.24) is 0 Å². The van der Waals surface area contributed by atoms with E-state index in [1.165, 1.54) is 122 Å². The van der Waals surface area contributed by atoms with Gasteiger partial charge in [0.05, 0.1) is 6.61 Å². The molecule has 0 amide bonds. The summed E-state index contributed by atoms with van der Waals surface area (Å²) in [5.74, 6) is -0.638. The molecule has 0 saturated carbocycles. The maximum absolute atomic E-state index is 12.2. The third kappa shape index (κ3) is 45.9. The molecule has 0 bridgehead atoms. The van der Waals surface area contributed by atoms with E-state index in [4.69, 9.17) is 9.47 Å². The number of carbonyl (C=O) groups is 2. The van der Waals surface area contributed by atoms with Crippen molar-refractivity contribution < 1.29 is 24.2 Å².